The van der Waals surface area contributed by atoms with Gasteiger partial charge in [-0.2, -0.15) is 4.37 Å². The summed E-state index contributed by atoms with van der Waals surface area (Å²) in [6.07, 6.45) is 9.13. The fourth-order valence-electron chi connectivity index (χ4n) is 7.14. The number of methoxy groups -OCH3 is 1. The number of hydrogen-bond donors (Lipinski definition) is 3. The van der Waals surface area contributed by atoms with Gasteiger partial charge in [0.2, 0.25) is 0 Å². The number of fused-ring (bicyclic) bond motifs is 2. The van der Waals surface area contributed by atoms with Crippen LogP contribution in [0.25, 0.3) is 21.1 Å². The fourth-order valence-corrected chi connectivity index (χ4v) is 8.01. The summed E-state index contributed by atoms with van der Waals surface area (Å²) < 4.78 is 18.6. The lowest BCUT2D eigenvalue weighted by molar-refractivity contribution is 0.0599. The summed E-state index contributed by atoms with van der Waals surface area (Å²) in [6.45, 7) is 24.2. The van der Waals surface area contributed by atoms with E-state index in [1.807, 2.05) is 147 Å². The van der Waals surface area contributed by atoms with Crippen LogP contribution in [0.4, 0.5) is 0 Å². The lowest BCUT2D eigenvalue weighted by Gasteiger charge is -2.03. The maximum atomic E-state index is 11.1. The van der Waals surface area contributed by atoms with Crippen molar-refractivity contribution in [3.63, 3.8) is 0 Å². The van der Waals surface area contributed by atoms with Crippen molar-refractivity contribution in [3.8, 4) is 0 Å². The molecule has 0 saturated heterocycles. The van der Waals surface area contributed by atoms with Crippen LogP contribution in [0.3, 0.4) is 0 Å². The number of aldehydes is 1. The molecule has 0 aliphatic heterocycles. The van der Waals surface area contributed by atoms with Crippen LogP contribution in [0.15, 0.2) is 159 Å². The van der Waals surface area contributed by atoms with E-state index in [4.69, 9.17) is 14.9 Å². The molecule has 0 saturated carbocycles. The SMILES string of the molecule is C.COC(=O)c1ccc(C)cc1C.Cc1ccc(/C=N/O)c(C)c1.Cc1ccc(/C=N/O)c(C)c1.Cc1ccc(C=NS)c(C)c1.Cc1ccc(C=O)c(C)c1.Cc1ccc2cnoc2c1.Cc1ccc2cnsc2c1. The third kappa shape index (κ3) is 22.2. The lowest BCUT2D eigenvalue weighted by Crippen LogP contribution is -2.03. The molecule has 0 spiro atoms. The van der Waals surface area contributed by atoms with Crippen LogP contribution >= 0.6 is 24.3 Å². The summed E-state index contributed by atoms with van der Waals surface area (Å²) in [4.78, 5) is 21.5. The maximum Gasteiger partial charge on any atom is 0.338 e. The Hall–Kier alpha value is -8.00. The summed E-state index contributed by atoms with van der Waals surface area (Å²) in [7, 11) is 1.39. The Morgan fingerprint density at radius 1 is 0.526 bits per heavy atom. The van der Waals surface area contributed by atoms with E-state index in [-0.39, 0.29) is 13.4 Å². The molecule has 2 aromatic heterocycles. The molecule has 0 aliphatic rings. The quantitative estimate of drug-likeness (QED) is 0.0384. The first kappa shape index (κ1) is 64.1. The van der Waals surface area contributed by atoms with Crippen molar-refractivity contribution in [2.75, 3.05) is 7.11 Å². The number of ether oxygens (including phenoxy) is 1. The molecule has 11 nitrogen and oxygen atoms in total. The van der Waals surface area contributed by atoms with Crippen LogP contribution in [0.1, 0.15) is 112 Å². The van der Waals surface area contributed by atoms with Crippen molar-refractivity contribution in [2.45, 2.75) is 90.5 Å². The maximum absolute atomic E-state index is 11.1. The summed E-state index contributed by atoms with van der Waals surface area (Å²) >= 11 is 5.33. The van der Waals surface area contributed by atoms with Gasteiger partial charge >= 0.3 is 5.97 Å². The highest BCUT2D eigenvalue weighted by Gasteiger charge is 2.07. The molecule has 9 aromatic rings. The number of rotatable bonds is 5. The number of esters is 1. The summed E-state index contributed by atoms with van der Waals surface area (Å²) in [6, 6.07) is 42.0. The van der Waals surface area contributed by atoms with Crippen molar-refractivity contribution in [1.82, 2.24) is 9.53 Å². The van der Waals surface area contributed by atoms with Crippen LogP contribution in [-0.4, -0.2) is 58.0 Å². The Bertz CT molecular complexity index is 3120. The molecule has 9 rings (SSSR count). The molecule has 0 bridgehead atoms. The molecule has 0 unspecified atom stereocenters. The zero-order valence-corrected chi connectivity index (χ0v) is 46.9. The van der Waals surface area contributed by atoms with E-state index >= 15 is 0 Å². The average Bonchev–Trinajstić information content (AvgIpc) is 4.05. The molecular formula is C63H73N5O6S2. The van der Waals surface area contributed by atoms with Crippen LogP contribution in [0, 0.1) is 83.1 Å². The van der Waals surface area contributed by atoms with Gasteiger partial charge in [-0.3, -0.25) is 4.79 Å². The predicted molar refractivity (Wildman–Crippen MR) is 321 cm³/mol. The smallest absolute Gasteiger partial charge is 0.338 e. The second-order valence-electron chi connectivity index (χ2n) is 17.8. The van der Waals surface area contributed by atoms with Crippen LogP contribution < -0.4 is 0 Å². The van der Waals surface area contributed by atoms with E-state index in [1.54, 1.807) is 30.0 Å². The minimum Gasteiger partial charge on any atom is -0.465 e. The van der Waals surface area contributed by atoms with Crippen molar-refractivity contribution < 1.29 is 29.3 Å². The highest BCUT2D eigenvalue weighted by Crippen LogP contribution is 2.19. The van der Waals surface area contributed by atoms with Gasteiger partial charge in [-0.1, -0.05) is 154 Å². The topological polar surface area (TPSA) is 160 Å². The molecule has 0 aliphatic carbocycles. The minimum atomic E-state index is -0.271. The van der Waals surface area contributed by atoms with Gasteiger partial charge in [-0.05, 0) is 187 Å². The van der Waals surface area contributed by atoms with Gasteiger partial charge in [0.1, 0.15) is 6.29 Å². The Kier molecular flexibility index (Phi) is 28.5. The Morgan fingerprint density at radius 2 is 0.921 bits per heavy atom. The molecule has 2 N–H and O–H groups in total. The highest BCUT2D eigenvalue weighted by molar-refractivity contribution is 7.79. The first-order valence-electron chi connectivity index (χ1n) is 23.9. The lowest BCUT2D eigenvalue weighted by atomic mass is 10.1. The first-order valence-corrected chi connectivity index (χ1v) is 25.0. The number of aromatic nitrogens is 2. The second kappa shape index (κ2) is 33.7. The van der Waals surface area contributed by atoms with E-state index in [1.165, 1.54) is 68.6 Å². The number of benzene rings is 7. The summed E-state index contributed by atoms with van der Waals surface area (Å²) in [5, 5.41) is 28.5. The van der Waals surface area contributed by atoms with Crippen LogP contribution in [0.2, 0.25) is 0 Å². The van der Waals surface area contributed by atoms with Crippen molar-refractivity contribution in [2.24, 2.45) is 14.7 Å². The van der Waals surface area contributed by atoms with Crippen molar-refractivity contribution >= 4 is 76.3 Å². The van der Waals surface area contributed by atoms with Gasteiger partial charge in [0.15, 0.2) is 5.58 Å². The van der Waals surface area contributed by atoms with E-state index in [0.717, 1.165) is 67.3 Å². The van der Waals surface area contributed by atoms with Gasteiger partial charge in [0, 0.05) is 28.7 Å². The van der Waals surface area contributed by atoms with Gasteiger partial charge in [0.25, 0.3) is 0 Å². The third-order valence-electron chi connectivity index (χ3n) is 11.2. The Balaban J connectivity index is 0.000000303. The van der Waals surface area contributed by atoms with E-state index < -0.39 is 0 Å². The molecule has 0 radical (unpaired) electrons. The molecule has 2 heterocycles. The standard InChI is InChI=1S/C10H12O2.2C9H11NO.C9H11NS.C9H10O.C8H7NO.C8H7NS.CH4/c1-7-4-5-9(8(2)6-7)10(11)12-3;3*1-7-3-4-9(6-10-11)8(2)5-7;1-7-3-4-9(6-10)8(2)5-7;2*1-6-2-3-7-5-9-10-8(7)4-6;/h4-6H,1-3H3;3*3-6,11H,1-2H3;3-6H,1-2H3;2*2-5H,1H3;1H4/b;2*10-6+;;;;;. The average molecular weight is 1060 g/mol. The normalized spacial score (nSPS) is 10.2. The molecule has 0 atom stereocenters. The number of carbonyl (C=O) groups is 2. The zero-order valence-electron chi connectivity index (χ0n) is 45.2. The van der Waals surface area contributed by atoms with E-state index in [9.17, 15) is 9.59 Å². The molecule has 7 aromatic carbocycles. The van der Waals surface area contributed by atoms with Crippen LogP contribution in [-0.2, 0) is 4.74 Å². The van der Waals surface area contributed by atoms with Crippen molar-refractivity contribution in [1.29, 1.82) is 0 Å². The molecule has 398 valence electrons. The molecule has 13 heteroatoms. The molecule has 76 heavy (non-hydrogen) atoms. The second-order valence-corrected chi connectivity index (χ2v) is 18.9. The van der Waals surface area contributed by atoms with E-state index in [0.29, 0.717) is 5.56 Å². The zero-order chi connectivity index (χ0) is 55.5. The highest BCUT2D eigenvalue weighted by atomic mass is 32.1. The van der Waals surface area contributed by atoms with Gasteiger partial charge in [-0.25, -0.2) is 9.19 Å². The number of hydrogen-bond acceptors (Lipinski definition) is 13. The minimum absolute atomic E-state index is 0. The van der Waals surface area contributed by atoms with Gasteiger partial charge in [0.05, 0.1) is 36.0 Å². The van der Waals surface area contributed by atoms with Gasteiger partial charge in [-0.15, -0.1) is 0 Å². The molecule has 0 amide bonds. The number of aryl methyl sites for hydroxylation is 12. The largest absolute Gasteiger partial charge is 0.465 e. The first-order chi connectivity index (χ1) is 35.8. The van der Waals surface area contributed by atoms with Gasteiger partial charge < -0.3 is 19.7 Å². The number of nitrogens with zero attached hydrogens (tertiary/aromatic N) is 5. The van der Waals surface area contributed by atoms with Crippen molar-refractivity contribution in [3.05, 3.63) is 234 Å². The summed E-state index contributed by atoms with van der Waals surface area (Å²) in [5.41, 5.74) is 19.4. The molecule has 0 fully saturated rings. The Morgan fingerprint density at radius 3 is 1.34 bits per heavy atom. The third-order valence-corrected chi connectivity index (χ3v) is 12.1. The summed E-state index contributed by atoms with van der Waals surface area (Å²) in [5.74, 6) is -0.271. The fraction of sp³-hybridized carbons (Fsp3) is 0.222. The number of oxime groups is 2. The number of thiol groups is 1. The predicted octanol–water partition coefficient (Wildman–Crippen LogP) is 16.4. The molecular weight excluding hydrogens is 987 g/mol. The Labute approximate surface area is 459 Å². The van der Waals surface area contributed by atoms with Crippen LogP contribution in [0.5, 0.6) is 0 Å². The monoisotopic (exact) mass is 1060 g/mol. The van der Waals surface area contributed by atoms with E-state index in [2.05, 4.69) is 105 Å². The number of carbonyl (C=O) groups excluding carboxylic acids is 2.